The summed E-state index contributed by atoms with van der Waals surface area (Å²) >= 11 is 6.13. The third-order valence-electron chi connectivity index (χ3n) is 2.89. The lowest BCUT2D eigenvalue weighted by molar-refractivity contribution is -0.136. The number of halogens is 4. The van der Waals surface area contributed by atoms with Gasteiger partial charge in [0.25, 0.3) is 0 Å². The fourth-order valence-corrected chi connectivity index (χ4v) is 2.28. The normalized spacial score (nSPS) is 13.6. The van der Waals surface area contributed by atoms with Gasteiger partial charge < -0.3 is 5.32 Å². The Hall–Kier alpha value is -0.740. The number of hydrogen-bond acceptors (Lipinski definition) is 1. The monoisotopic (exact) mass is 293 g/mol. The molecule has 0 saturated heterocycles. The summed E-state index contributed by atoms with van der Waals surface area (Å²) in [7, 11) is 0. The average molecular weight is 294 g/mol. The Morgan fingerprint density at radius 3 is 2.53 bits per heavy atom. The van der Waals surface area contributed by atoms with E-state index in [0.29, 0.717) is 11.6 Å². The van der Waals surface area contributed by atoms with Crippen LogP contribution in [0.2, 0.25) is 5.02 Å². The summed E-state index contributed by atoms with van der Waals surface area (Å²) in [5, 5.41) is 3.66. The lowest BCUT2D eigenvalue weighted by Crippen LogP contribution is -2.24. The molecule has 1 atom stereocenters. The van der Waals surface area contributed by atoms with Gasteiger partial charge in [-0.3, -0.25) is 0 Å². The Morgan fingerprint density at radius 1 is 1.32 bits per heavy atom. The molecule has 0 radical (unpaired) electrons. The Labute approximate surface area is 117 Å². The molecule has 0 saturated carbocycles. The molecule has 0 heterocycles. The van der Waals surface area contributed by atoms with E-state index in [1.807, 2.05) is 19.9 Å². The second-order valence-corrected chi connectivity index (χ2v) is 5.09. The van der Waals surface area contributed by atoms with Crippen LogP contribution in [0.3, 0.4) is 0 Å². The summed E-state index contributed by atoms with van der Waals surface area (Å²) in [6, 6.07) is 5.11. The van der Waals surface area contributed by atoms with Gasteiger partial charge >= 0.3 is 6.18 Å². The number of benzene rings is 1. The molecule has 5 heteroatoms. The largest absolute Gasteiger partial charge is 0.389 e. The quantitative estimate of drug-likeness (QED) is 0.775. The predicted octanol–water partition coefficient (Wildman–Crippen LogP) is 5.03. The summed E-state index contributed by atoms with van der Waals surface area (Å²) < 4.78 is 37.1. The van der Waals surface area contributed by atoms with Crippen LogP contribution < -0.4 is 5.32 Å². The molecule has 0 spiro atoms. The summed E-state index contributed by atoms with van der Waals surface area (Å²) in [5.74, 6) is 0. The summed E-state index contributed by atoms with van der Waals surface area (Å²) in [5.41, 5.74) is 1.74. The third kappa shape index (κ3) is 5.83. The molecular weight excluding hydrogens is 275 g/mol. The van der Waals surface area contributed by atoms with Crippen molar-refractivity contribution >= 4 is 11.6 Å². The van der Waals surface area contributed by atoms with Gasteiger partial charge in [-0.15, -0.1) is 0 Å². The molecule has 0 aromatic heterocycles. The zero-order chi connectivity index (χ0) is 14.5. The smallest absolute Gasteiger partial charge is 0.310 e. The van der Waals surface area contributed by atoms with Gasteiger partial charge in [-0.25, -0.2) is 0 Å². The van der Waals surface area contributed by atoms with Crippen molar-refractivity contribution in [3.8, 4) is 0 Å². The van der Waals surface area contributed by atoms with Crippen molar-refractivity contribution in [2.24, 2.45) is 0 Å². The highest BCUT2D eigenvalue weighted by Crippen LogP contribution is 2.31. The topological polar surface area (TPSA) is 12.0 Å². The van der Waals surface area contributed by atoms with E-state index in [-0.39, 0.29) is 12.5 Å². The van der Waals surface area contributed by atoms with E-state index in [9.17, 15) is 13.2 Å². The molecule has 0 bridgehead atoms. The van der Waals surface area contributed by atoms with Crippen LogP contribution in [0, 0.1) is 6.92 Å². The van der Waals surface area contributed by atoms with Gasteiger partial charge in [0, 0.05) is 17.5 Å². The van der Waals surface area contributed by atoms with Crippen molar-refractivity contribution in [1.82, 2.24) is 5.32 Å². The minimum atomic E-state index is -4.14. The number of nitrogens with one attached hydrogen (secondary N) is 1. The summed E-state index contributed by atoms with van der Waals surface area (Å²) in [6.45, 7) is 4.55. The van der Waals surface area contributed by atoms with Crippen molar-refractivity contribution in [2.45, 2.75) is 45.3 Å². The third-order valence-corrected chi connectivity index (χ3v) is 3.22. The van der Waals surface area contributed by atoms with Crippen LogP contribution in [0.4, 0.5) is 13.2 Å². The van der Waals surface area contributed by atoms with Gasteiger partial charge in [-0.1, -0.05) is 30.7 Å². The van der Waals surface area contributed by atoms with Crippen molar-refractivity contribution in [3.63, 3.8) is 0 Å². The average Bonchev–Trinajstić information content (AvgIpc) is 2.29. The molecule has 0 amide bonds. The molecule has 19 heavy (non-hydrogen) atoms. The maximum atomic E-state index is 12.4. The van der Waals surface area contributed by atoms with Crippen LogP contribution >= 0.6 is 11.6 Å². The van der Waals surface area contributed by atoms with Gasteiger partial charge in [-0.2, -0.15) is 13.2 Å². The van der Waals surface area contributed by atoms with Crippen LogP contribution in [-0.2, 0) is 0 Å². The zero-order valence-corrected chi connectivity index (χ0v) is 11.9. The molecule has 1 N–H and O–H groups in total. The number of aryl methyl sites for hydroxylation is 1. The van der Waals surface area contributed by atoms with Crippen LogP contribution in [-0.4, -0.2) is 12.7 Å². The molecule has 108 valence electrons. The summed E-state index contributed by atoms with van der Waals surface area (Å²) in [4.78, 5) is 0. The minimum absolute atomic E-state index is 0.00623. The first kappa shape index (κ1) is 16.3. The van der Waals surface area contributed by atoms with Gasteiger partial charge in [0.2, 0.25) is 0 Å². The van der Waals surface area contributed by atoms with Crippen molar-refractivity contribution < 1.29 is 13.2 Å². The van der Waals surface area contributed by atoms with Crippen LogP contribution in [0.1, 0.15) is 43.4 Å². The van der Waals surface area contributed by atoms with Gasteiger partial charge in [0.05, 0.1) is 0 Å². The summed E-state index contributed by atoms with van der Waals surface area (Å²) in [6.07, 6.45) is -4.07. The van der Waals surface area contributed by atoms with E-state index in [1.54, 1.807) is 12.1 Å². The van der Waals surface area contributed by atoms with E-state index in [2.05, 4.69) is 5.32 Å². The first-order valence-corrected chi connectivity index (χ1v) is 6.77. The lowest BCUT2D eigenvalue weighted by Gasteiger charge is -2.21. The second-order valence-electron chi connectivity index (χ2n) is 4.69. The number of rotatable bonds is 6. The van der Waals surface area contributed by atoms with Gasteiger partial charge in [0.1, 0.15) is 0 Å². The highest BCUT2D eigenvalue weighted by Gasteiger charge is 2.29. The maximum absolute atomic E-state index is 12.4. The van der Waals surface area contributed by atoms with Crippen LogP contribution in [0.15, 0.2) is 18.2 Å². The van der Waals surface area contributed by atoms with E-state index in [1.165, 1.54) is 0 Å². The molecule has 1 rings (SSSR count). The molecular formula is C14H19ClF3N. The van der Waals surface area contributed by atoms with Gasteiger partial charge in [0.15, 0.2) is 0 Å². The van der Waals surface area contributed by atoms with Crippen molar-refractivity contribution in [2.75, 3.05) is 6.54 Å². The van der Waals surface area contributed by atoms with Crippen molar-refractivity contribution in [3.05, 3.63) is 34.3 Å². The number of hydrogen-bond donors (Lipinski definition) is 1. The van der Waals surface area contributed by atoms with E-state index < -0.39 is 12.6 Å². The molecule has 1 unspecified atom stereocenters. The Bertz CT molecular complexity index is 404. The van der Waals surface area contributed by atoms with Crippen LogP contribution in [0.25, 0.3) is 0 Å². The Kier molecular flexibility index (Phi) is 6.14. The highest BCUT2D eigenvalue weighted by molar-refractivity contribution is 6.31. The van der Waals surface area contributed by atoms with E-state index in [4.69, 9.17) is 11.6 Å². The lowest BCUT2D eigenvalue weighted by atomic mass is 10.00. The highest BCUT2D eigenvalue weighted by atomic mass is 35.5. The Morgan fingerprint density at radius 2 is 2.00 bits per heavy atom. The fourth-order valence-electron chi connectivity index (χ4n) is 1.91. The molecule has 1 nitrogen and oxygen atoms in total. The van der Waals surface area contributed by atoms with Crippen LogP contribution in [0.5, 0.6) is 0 Å². The molecule has 0 aliphatic heterocycles. The minimum Gasteiger partial charge on any atom is -0.310 e. The molecule has 0 aliphatic rings. The number of alkyl halides is 3. The zero-order valence-electron chi connectivity index (χ0n) is 11.1. The van der Waals surface area contributed by atoms with E-state index >= 15 is 0 Å². The molecule has 1 aromatic carbocycles. The molecule has 0 fully saturated rings. The fraction of sp³-hybridized carbons (Fsp3) is 0.571. The maximum Gasteiger partial charge on any atom is 0.389 e. The Balaban J connectivity index is 2.83. The predicted molar refractivity (Wildman–Crippen MR) is 72.5 cm³/mol. The van der Waals surface area contributed by atoms with Gasteiger partial charge in [-0.05, 0) is 43.5 Å². The first-order valence-electron chi connectivity index (χ1n) is 6.39. The molecule has 1 aromatic rings. The van der Waals surface area contributed by atoms with Crippen molar-refractivity contribution in [1.29, 1.82) is 0 Å². The van der Waals surface area contributed by atoms with E-state index in [0.717, 1.165) is 17.5 Å². The SMILES string of the molecule is CCCNC(CCC(F)(F)F)c1ccc(C)cc1Cl. The molecule has 0 aliphatic carbocycles. The standard InChI is InChI=1S/C14H19ClF3N/c1-3-8-19-13(6-7-14(16,17)18)11-5-4-10(2)9-12(11)15/h4-5,9,13,19H,3,6-8H2,1-2H3. The second kappa shape index (κ2) is 7.15. The first-order chi connectivity index (χ1) is 8.83.